The lowest BCUT2D eigenvalue weighted by Crippen LogP contribution is -2.00. The Morgan fingerprint density at radius 2 is 0.763 bits per heavy atom. The molecule has 276 valence electrons. The van der Waals surface area contributed by atoms with Crippen molar-refractivity contribution in [2.24, 2.45) is 0 Å². The quantitative estimate of drug-likeness (QED) is 0.161. The van der Waals surface area contributed by atoms with Crippen LogP contribution in [-0.4, -0.2) is 24.9 Å². The average Bonchev–Trinajstić information content (AvgIpc) is 3.70. The summed E-state index contributed by atoms with van der Waals surface area (Å²) in [5, 5.41) is 3.54. The van der Waals surface area contributed by atoms with Crippen LogP contribution in [0.15, 0.2) is 200 Å². The van der Waals surface area contributed by atoms with Crippen molar-refractivity contribution in [3.63, 3.8) is 0 Å². The second-order valence-electron chi connectivity index (χ2n) is 14.4. The van der Waals surface area contributed by atoms with E-state index in [0.29, 0.717) is 17.5 Å². The first-order valence-electron chi connectivity index (χ1n) is 19.6. The van der Waals surface area contributed by atoms with E-state index in [1.807, 2.05) is 78.9 Å². The van der Waals surface area contributed by atoms with Crippen molar-refractivity contribution in [3.8, 4) is 79.1 Å². The van der Waals surface area contributed by atoms with Gasteiger partial charge < -0.3 is 0 Å². The summed E-state index contributed by atoms with van der Waals surface area (Å²) in [6.07, 6.45) is 0. The predicted molar refractivity (Wildman–Crippen MR) is 244 cm³/mol. The summed E-state index contributed by atoms with van der Waals surface area (Å²) in [5.41, 5.74) is 11.4. The van der Waals surface area contributed by atoms with Crippen molar-refractivity contribution in [1.82, 2.24) is 24.9 Å². The summed E-state index contributed by atoms with van der Waals surface area (Å²) in [6.45, 7) is 0. The van der Waals surface area contributed by atoms with Gasteiger partial charge in [0.05, 0.1) is 15.9 Å². The van der Waals surface area contributed by atoms with Crippen LogP contribution in [0.25, 0.3) is 110 Å². The molecule has 0 fully saturated rings. The largest absolute Gasteiger partial charge is 0.226 e. The number of nitrogens with zero attached hydrogens (tertiary/aromatic N) is 5. The van der Waals surface area contributed by atoms with Crippen molar-refractivity contribution < 1.29 is 0 Å². The maximum atomic E-state index is 5.22. The summed E-state index contributed by atoms with van der Waals surface area (Å²) in [4.78, 5) is 25.1. The molecule has 3 heterocycles. The number of rotatable bonds is 7. The van der Waals surface area contributed by atoms with Crippen molar-refractivity contribution >= 4 is 42.4 Å². The topological polar surface area (TPSA) is 64.5 Å². The molecule has 6 heteroatoms. The molecule has 0 spiro atoms. The Balaban J connectivity index is 1.01. The SMILES string of the molecule is c1ccc(-c2nc(-c3ccccc3)nc(-c3ccc(-c4ccc5ccccc5c4-c4ccc(-c5nc(-c6ccccc6)nc6c5sc5ccccc56)cc4)cc3)n2)cc1. The Labute approximate surface area is 345 Å². The third-order valence-electron chi connectivity index (χ3n) is 10.8. The highest BCUT2D eigenvalue weighted by molar-refractivity contribution is 7.26. The monoisotopic (exact) mass is 771 g/mol. The van der Waals surface area contributed by atoms with E-state index in [-0.39, 0.29) is 0 Å². The molecule has 0 N–H and O–H groups in total. The zero-order valence-electron chi connectivity index (χ0n) is 31.7. The van der Waals surface area contributed by atoms with E-state index >= 15 is 0 Å². The molecule has 8 aromatic carbocycles. The van der Waals surface area contributed by atoms with Crippen LogP contribution < -0.4 is 0 Å². The van der Waals surface area contributed by atoms with Gasteiger partial charge in [-0.3, -0.25) is 0 Å². The first-order valence-corrected chi connectivity index (χ1v) is 20.4. The normalized spacial score (nSPS) is 11.4. The van der Waals surface area contributed by atoms with Gasteiger partial charge in [0.25, 0.3) is 0 Å². The molecule has 0 unspecified atom stereocenters. The minimum Gasteiger partial charge on any atom is -0.226 e. The minimum atomic E-state index is 0.631. The molecule has 0 bridgehead atoms. The number of benzene rings is 8. The van der Waals surface area contributed by atoms with Crippen LogP contribution in [0.1, 0.15) is 0 Å². The summed E-state index contributed by atoms with van der Waals surface area (Å²) in [5.74, 6) is 2.65. The van der Waals surface area contributed by atoms with Crippen molar-refractivity contribution in [1.29, 1.82) is 0 Å². The fourth-order valence-electron chi connectivity index (χ4n) is 7.86. The van der Waals surface area contributed by atoms with Crippen LogP contribution in [-0.2, 0) is 0 Å². The summed E-state index contributed by atoms with van der Waals surface area (Å²) in [7, 11) is 0. The Morgan fingerprint density at radius 1 is 0.305 bits per heavy atom. The van der Waals surface area contributed by atoms with E-state index in [9.17, 15) is 0 Å². The maximum absolute atomic E-state index is 5.22. The van der Waals surface area contributed by atoms with Gasteiger partial charge in [-0.05, 0) is 39.1 Å². The first-order chi connectivity index (χ1) is 29.2. The van der Waals surface area contributed by atoms with E-state index in [0.717, 1.165) is 71.6 Å². The molecule has 5 nitrogen and oxygen atoms in total. The van der Waals surface area contributed by atoms with Crippen LogP contribution in [0.4, 0.5) is 0 Å². The third-order valence-corrected chi connectivity index (χ3v) is 11.9. The van der Waals surface area contributed by atoms with E-state index < -0.39 is 0 Å². The zero-order chi connectivity index (χ0) is 39.1. The lowest BCUT2D eigenvalue weighted by Gasteiger charge is -2.15. The van der Waals surface area contributed by atoms with Crippen molar-refractivity contribution in [2.75, 3.05) is 0 Å². The molecule has 0 aliphatic heterocycles. The van der Waals surface area contributed by atoms with Crippen molar-refractivity contribution in [2.45, 2.75) is 0 Å². The van der Waals surface area contributed by atoms with Gasteiger partial charge >= 0.3 is 0 Å². The summed E-state index contributed by atoms with van der Waals surface area (Å²) in [6, 6.07) is 69.4. The second kappa shape index (κ2) is 14.7. The Bertz CT molecular complexity index is 3230. The number of hydrogen-bond acceptors (Lipinski definition) is 6. The molecule has 0 saturated carbocycles. The molecule has 11 rings (SSSR count). The van der Waals surface area contributed by atoms with Crippen LogP contribution in [0.3, 0.4) is 0 Å². The van der Waals surface area contributed by atoms with Gasteiger partial charge in [-0.25, -0.2) is 24.9 Å². The van der Waals surface area contributed by atoms with Crippen molar-refractivity contribution in [3.05, 3.63) is 200 Å². The van der Waals surface area contributed by atoms with Gasteiger partial charge in [-0.1, -0.05) is 194 Å². The smallest absolute Gasteiger partial charge is 0.164 e. The molecule has 11 aromatic rings. The number of aromatic nitrogens is 5. The van der Waals surface area contributed by atoms with E-state index in [1.54, 1.807) is 11.3 Å². The molecule has 0 aliphatic rings. The Kier molecular flexibility index (Phi) is 8.60. The summed E-state index contributed by atoms with van der Waals surface area (Å²) < 4.78 is 2.30. The zero-order valence-corrected chi connectivity index (χ0v) is 32.5. The van der Waals surface area contributed by atoms with Gasteiger partial charge in [0.2, 0.25) is 0 Å². The Hall–Kier alpha value is -7.67. The molecule has 59 heavy (non-hydrogen) atoms. The number of hydrogen-bond donors (Lipinski definition) is 0. The molecule has 3 aromatic heterocycles. The van der Waals surface area contributed by atoms with E-state index in [4.69, 9.17) is 24.9 Å². The average molecular weight is 772 g/mol. The van der Waals surface area contributed by atoms with Gasteiger partial charge in [0.1, 0.15) is 0 Å². The lowest BCUT2D eigenvalue weighted by atomic mass is 9.89. The molecule has 0 saturated heterocycles. The van der Waals surface area contributed by atoms with Crippen LogP contribution in [0.5, 0.6) is 0 Å². The fraction of sp³-hybridized carbons (Fsp3) is 0. The molecular formula is C53H33N5S. The van der Waals surface area contributed by atoms with Crippen LogP contribution >= 0.6 is 11.3 Å². The van der Waals surface area contributed by atoms with Crippen LogP contribution in [0, 0.1) is 0 Å². The van der Waals surface area contributed by atoms with E-state index in [1.165, 1.54) is 21.0 Å². The van der Waals surface area contributed by atoms with Gasteiger partial charge in [0, 0.05) is 37.9 Å². The highest BCUT2D eigenvalue weighted by Gasteiger charge is 2.19. The highest BCUT2D eigenvalue weighted by atomic mass is 32.1. The minimum absolute atomic E-state index is 0.631. The van der Waals surface area contributed by atoms with Crippen LogP contribution in [0.2, 0.25) is 0 Å². The fourth-order valence-corrected chi connectivity index (χ4v) is 9.01. The maximum Gasteiger partial charge on any atom is 0.164 e. The highest BCUT2D eigenvalue weighted by Crippen LogP contribution is 2.42. The standard InChI is InChI=1S/C53H33N5S/c1-4-15-38(16-5-1)50-54-47(49-48(55-50)44-22-12-13-23-45(44)59-49)37-28-26-36(27-29-37)46-42-21-11-10-14-34(42)32-33-43(46)35-24-30-41(31-25-35)53-57-51(39-17-6-2-7-18-39)56-52(58-53)40-19-8-3-9-20-40/h1-33H. The molecule has 0 aliphatic carbocycles. The molecule has 0 radical (unpaired) electrons. The lowest BCUT2D eigenvalue weighted by molar-refractivity contribution is 1.07. The van der Waals surface area contributed by atoms with E-state index in [2.05, 4.69) is 121 Å². The van der Waals surface area contributed by atoms with Gasteiger partial charge in [-0.2, -0.15) is 0 Å². The summed E-state index contributed by atoms with van der Waals surface area (Å²) >= 11 is 1.75. The molecule has 0 atom stereocenters. The number of thiophene rings is 1. The molecule has 0 amide bonds. The first kappa shape index (κ1) is 34.6. The predicted octanol–water partition coefficient (Wildman–Crippen LogP) is 13.9. The number of fused-ring (bicyclic) bond motifs is 4. The van der Waals surface area contributed by atoms with Gasteiger partial charge in [0.15, 0.2) is 23.3 Å². The molecular weight excluding hydrogens is 739 g/mol. The van der Waals surface area contributed by atoms with Gasteiger partial charge in [-0.15, -0.1) is 11.3 Å². The third kappa shape index (κ3) is 6.42. The Morgan fingerprint density at radius 3 is 1.37 bits per heavy atom. The second-order valence-corrected chi connectivity index (χ2v) is 15.5.